The number of aromatic hydroxyl groups is 1. The van der Waals surface area contributed by atoms with Gasteiger partial charge in [0.1, 0.15) is 11.6 Å². The van der Waals surface area contributed by atoms with Crippen molar-refractivity contribution in [3.8, 4) is 17.1 Å². The Bertz CT molecular complexity index is 853. The third-order valence-electron chi connectivity index (χ3n) is 3.77. The average Bonchev–Trinajstić information content (AvgIpc) is 3.22. The van der Waals surface area contributed by atoms with Crippen LogP contribution in [0.5, 0.6) is 5.75 Å². The van der Waals surface area contributed by atoms with Gasteiger partial charge in [0, 0.05) is 16.1 Å². The Hall–Kier alpha value is -1.33. The lowest BCUT2D eigenvalue weighted by atomic mass is 10.2. The number of nitrogens with zero attached hydrogens (tertiary/aromatic N) is 2. The summed E-state index contributed by atoms with van der Waals surface area (Å²) in [5, 5.41) is 9.93. The minimum Gasteiger partial charge on any atom is -0.507 e. The van der Waals surface area contributed by atoms with E-state index in [1.807, 2.05) is 24.3 Å². The first-order valence-electron chi connectivity index (χ1n) is 6.80. The Morgan fingerprint density at radius 3 is 2.62 bits per heavy atom. The SMILES string of the molecule is Oc1cc(-c2nc3cc(Br)ccc3n2C2CC2)ccc1Br. The lowest BCUT2D eigenvalue weighted by Crippen LogP contribution is -1.97. The number of fused-ring (bicyclic) bond motifs is 1. The Morgan fingerprint density at radius 1 is 1.10 bits per heavy atom. The lowest BCUT2D eigenvalue weighted by Gasteiger charge is -2.08. The number of phenols is 1. The van der Waals surface area contributed by atoms with E-state index in [2.05, 4.69) is 42.5 Å². The quantitative estimate of drug-likeness (QED) is 0.628. The highest BCUT2D eigenvalue weighted by Crippen LogP contribution is 2.42. The molecule has 0 aliphatic heterocycles. The molecule has 1 N–H and O–H groups in total. The van der Waals surface area contributed by atoms with Crippen LogP contribution < -0.4 is 0 Å². The van der Waals surface area contributed by atoms with Gasteiger partial charge < -0.3 is 9.67 Å². The van der Waals surface area contributed by atoms with E-state index in [0.717, 1.165) is 26.9 Å². The predicted octanol–water partition coefficient (Wildman–Crippen LogP) is 5.27. The third-order valence-corrected chi connectivity index (χ3v) is 4.93. The van der Waals surface area contributed by atoms with Crippen LogP contribution >= 0.6 is 31.9 Å². The van der Waals surface area contributed by atoms with Gasteiger partial charge in [-0.05, 0) is 65.2 Å². The van der Waals surface area contributed by atoms with E-state index in [0.29, 0.717) is 10.5 Å². The number of halogens is 2. The highest BCUT2D eigenvalue weighted by molar-refractivity contribution is 9.10. The molecule has 0 bridgehead atoms. The number of benzene rings is 2. The number of phenolic OH excluding ortho intramolecular Hbond substituents is 1. The fraction of sp³-hybridized carbons (Fsp3) is 0.188. The van der Waals surface area contributed by atoms with E-state index < -0.39 is 0 Å². The number of aromatic nitrogens is 2. The Kier molecular flexibility index (Phi) is 3.08. The molecule has 1 aromatic heterocycles. The minimum atomic E-state index is 0.239. The molecular formula is C16H12Br2N2O. The first-order valence-corrected chi connectivity index (χ1v) is 8.38. The van der Waals surface area contributed by atoms with Crippen LogP contribution in [0.25, 0.3) is 22.4 Å². The van der Waals surface area contributed by atoms with Crippen molar-refractivity contribution < 1.29 is 5.11 Å². The second-order valence-electron chi connectivity index (χ2n) is 5.34. The predicted molar refractivity (Wildman–Crippen MR) is 90.5 cm³/mol. The maximum atomic E-state index is 9.93. The molecule has 1 saturated carbocycles. The van der Waals surface area contributed by atoms with Gasteiger partial charge in [0.2, 0.25) is 0 Å². The topological polar surface area (TPSA) is 38.1 Å². The van der Waals surface area contributed by atoms with Crippen LogP contribution in [0.1, 0.15) is 18.9 Å². The summed E-state index contributed by atoms with van der Waals surface area (Å²) in [5.74, 6) is 1.16. The molecule has 3 nitrogen and oxygen atoms in total. The van der Waals surface area contributed by atoms with Crippen LogP contribution in [-0.2, 0) is 0 Å². The van der Waals surface area contributed by atoms with Crippen LogP contribution in [0.4, 0.5) is 0 Å². The van der Waals surface area contributed by atoms with Crippen molar-refractivity contribution >= 4 is 42.9 Å². The standard InChI is InChI=1S/C16H12Br2N2O/c17-10-2-6-14-13(8-10)19-16(20(14)11-3-4-11)9-1-5-12(18)15(21)7-9/h1-2,5-8,11,21H,3-4H2. The van der Waals surface area contributed by atoms with E-state index in [-0.39, 0.29) is 5.75 Å². The first kappa shape index (κ1) is 13.3. The van der Waals surface area contributed by atoms with Gasteiger partial charge in [-0.3, -0.25) is 0 Å². The maximum absolute atomic E-state index is 9.93. The van der Waals surface area contributed by atoms with Gasteiger partial charge >= 0.3 is 0 Å². The zero-order valence-electron chi connectivity index (χ0n) is 11.1. The summed E-state index contributed by atoms with van der Waals surface area (Å²) in [6, 6.07) is 12.3. The normalized spacial score (nSPS) is 14.8. The van der Waals surface area contributed by atoms with Crippen LogP contribution in [0.15, 0.2) is 45.3 Å². The number of hydrogen-bond donors (Lipinski definition) is 1. The van der Waals surface area contributed by atoms with Crippen molar-refractivity contribution in [1.29, 1.82) is 0 Å². The molecule has 21 heavy (non-hydrogen) atoms. The van der Waals surface area contributed by atoms with E-state index in [1.54, 1.807) is 6.07 Å². The molecule has 0 saturated heterocycles. The molecule has 2 aromatic carbocycles. The van der Waals surface area contributed by atoms with Crippen molar-refractivity contribution in [2.45, 2.75) is 18.9 Å². The van der Waals surface area contributed by atoms with Gasteiger partial charge in [-0.1, -0.05) is 15.9 Å². The molecule has 0 radical (unpaired) electrons. The van der Waals surface area contributed by atoms with Gasteiger partial charge in [-0.25, -0.2) is 4.98 Å². The Morgan fingerprint density at radius 2 is 1.90 bits per heavy atom. The number of hydrogen-bond acceptors (Lipinski definition) is 2. The number of rotatable bonds is 2. The second kappa shape index (κ2) is 4.85. The Balaban J connectivity index is 1.98. The van der Waals surface area contributed by atoms with Crippen LogP contribution in [0.3, 0.4) is 0 Å². The fourth-order valence-electron chi connectivity index (χ4n) is 2.63. The van der Waals surface area contributed by atoms with E-state index >= 15 is 0 Å². The van der Waals surface area contributed by atoms with E-state index in [1.165, 1.54) is 12.8 Å². The molecule has 1 aliphatic carbocycles. The molecule has 1 aliphatic rings. The van der Waals surface area contributed by atoms with Crippen LogP contribution in [0.2, 0.25) is 0 Å². The Labute approximate surface area is 138 Å². The van der Waals surface area contributed by atoms with Crippen molar-refractivity contribution in [3.05, 3.63) is 45.3 Å². The van der Waals surface area contributed by atoms with Crippen molar-refractivity contribution in [1.82, 2.24) is 9.55 Å². The molecule has 0 spiro atoms. The third kappa shape index (κ3) is 2.28. The van der Waals surface area contributed by atoms with E-state index in [4.69, 9.17) is 4.98 Å². The van der Waals surface area contributed by atoms with Gasteiger partial charge in [-0.2, -0.15) is 0 Å². The minimum absolute atomic E-state index is 0.239. The van der Waals surface area contributed by atoms with Gasteiger partial charge in [0.05, 0.1) is 15.5 Å². The van der Waals surface area contributed by atoms with Crippen molar-refractivity contribution in [3.63, 3.8) is 0 Å². The highest BCUT2D eigenvalue weighted by Gasteiger charge is 2.28. The fourth-order valence-corrected chi connectivity index (χ4v) is 3.23. The summed E-state index contributed by atoms with van der Waals surface area (Å²) in [4.78, 5) is 4.78. The zero-order chi connectivity index (χ0) is 14.6. The summed E-state index contributed by atoms with van der Waals surface area (Å²) in [7, 11) is 0. The molecule has 1 fully saturated rings. The van der Waals surface area contributed by atoms with Crippen molar-refractivity contribution in [2.75, 3.05) is 0 Å². The molecule has 0 amide bonds. The van der Waals surface area contributed by atoms with Gasteiger partial charge in [0.25, 0.3) is 0 Å². The summed E-state index contributed by atoms with van der Waals surface area (Å²) in [6.45, 7) is 0. The lowest BCUT2D eigenvalue weighted by molar-refractivity contribution is 0.472. The molecular weight excluding hydrogens is 396 g/mol. The molecule has 0 unspecified atom stereocenters. The largest absolute Gasteiger partial charge is 0.507 e. The molecule has 5 heteroatoms. The molecule has 4 rings (SSSR count). The molecule has 3 aromatic rings. The van der Waals surface area contributed by atoms with Crippen LogP contribution in [-0.4, -0.2) is 14.7 Å². The average molecular weight is 408 g/mol. The van der Waals surface area contributed by atoms with Crippen molar-refractivity contribution in [2.24, 2.45) is 0 Å². The molecule has 1 heterocycles. The zero-order valence-corrected chi connectivity index (χ0v) is 14.2. The smallest absolute Gasteiger partial charge is 0.141 e. The van der Waals surface area contributed by atoms with E-state index in [9.17, 15) is 5.11 Å². The maximum Gasteiger partial charge on any atom is 0.141 e. The molecule has 0 atom stereocenters. The first-order chi connectivity index (χ1) is 10.1. The van der Waals surface area contributed by atoms with Gasteiger partial charge in [0.15, 0.2) is 0 Å². The summed E-state index contributed by atoms with van der Waals surface area (Å²) < 4.78 is 4.02. The van der Waals surface area contributed by atoms with Crippen LogP contribution in [0, 0.1) is 0 Å². The number of imidazole rings is 1. The summed E-state index contributed by atoms with van der Waals surface area (Å²) in [5.41, 5.74) is 3.07. The van der Waals surface area contributed by atoms with Gasteiger partial charge in [-0.15, -0.1) is 0 Å². The second-order valence-corrected chi connectivity index (χ2v) is 7.11. The summed E-state index contributed by atoms with van der Waals surface area (Å²) >= 11 is 6.82. The monoisotopic (exact) mass is 406 g/mol. The molecule has 106 valence electrons. The summed E-state index contributed by atoms with van der Waals surface area (Å²) in [6.07, 6.45) is 2.38. The highest BCUT2D eigenvalue weighted by atomic mass is 79.9.